The summed E-state index contributed by atoms with van der Waals surface area (Å²) in [7, 11) is 0. The molecule has 3 heterocycles. The summed E-state index contributed by atoms with van der Waals surface area (Å²) in [6.07, 6.45) is 10.8. The fraction of sp³-hybridized carbons (Fsp3) is 0.436. The van der Waals surface area contributed by atoms with E-state index in [1.165, 1.54) is 4.90 Å². The third-order valence-corrected chi connectivity index (χ3v) is 9.59. The first-order valence-corrected chi connectivity index (χ1v) is 17.7. The zero-order valence-corrected chi connectivity index (χ0v) is 29.3. The third kappa shape index (κ3) is 8.38. The quantitative estimate of drug-likeness (QED) is 0.281. The fourth-order valence-electron chi connectivity index (χ4n) is 6.85. The average Bonchev–Trinajstić information content (AvgIpc) is 3.40. The van der Waals surface area contributed by atoms with Crippen molar-refractivity contribution in [1.29, 1.82) is 0 Å². The van der Waals surface area contributed by atoms with Gasteiger partial charge in [-0.25, -0.2) is 9.59 Å². The van der Waals surface area contributed by atoms with E-state index in [1.54, 1.807) is 25.6 Å². The van der Waals surface area contributed by atoms with Crippen molar-refractivity contribution < 1.29 is 29.0 Å². The summed E-state index contributed by atoms with van der Waals surface area (Å²) in [4.78, 5) is 57.0. The molecule has 6 rings (SSSR count). The predicted octanol–water partition coefficient (Wildman–Crippen LogP) is 5.63. The Morgan fingerprint density at radius 2 is 1.73 bits per heavy atom. The molecule has 3 aliphatic rings. The summed E-state index contributed by atoms with van der Waals surface area (Å²) in [5.41, 5.74) is 0.896. The molecule has 268 valence electrons. The lowest BCUT2D eigenvalue weighted by Gasteiger charge is -2.30. The van der Waals surface area contributed by atoms with Crippen molar-refractivity contribution >= 4 is 36.0 Å². The minimum absolute atomic E-state index is 0.0809. The molecule has 12 nitrogen and oxygen atoms in total. The molecule has 0 bridgehead atoms. The highest BCUT2D eigenvalue weighted by molar-refractivity contribution is 5.96. The minimum Gasteiger partial charge on any atom is -0.479 e. The molecule has 3 amide bonds. The lowest BCUT2D eigenvalue weighted by molar-refractivity contribution is -0.145. The normalized spacial score (nSPS) is 26.3. The summed E-state index contributed by atoms with van der Waals surface area (Å²) in [6, 6.07) is 17.0. The molecular formula is C39H46N6O6. The van der Waals surface area contributed by atoms with Crippen molar-refractivity contribution in [3.8, 4) is 11.3 Å². The molecule has 51 heavy (non-hydrogen) atoms. The molecule has 3 N–H and O–H groups in total. The molecular weight excluding hydrogens is 648 g/mol. The van der Waals surface area contributed by atoms with Gasteiger partial charge in [0, 0.05) is 24.4 Å². The van der Waals surface area contributed by atoms with E-state index in [1.807, 2.05) is 85.0 Å². The van der Waals surface area contributed by atoms with Crippen molar-refractivity contribution in [2.24, 2.45) is 5.92 Å². The Kier molecular flexibility index (Phi) is 10.4. The highest BCUT2D eigenvalue weighted by Gasteiger charge is 2.61. The molecule has 12 heteroatoms. The number of fused-ring (bicyclic) bond motifs is 2. The van der Waals surface area contributed by atoms with Gasteiger partial charge in [0.2, 0.25) is 11.8 Å². The van der Waals surface area contributed by atoms with E-state index in [4.69, 9.17) is 14.9 Å². The van der Waals surface area contributed by atoms with E-state index in [0.717, 1.165) is 30.4 Å². The number of carboxylic acid groups (broad SMARTS) is 1. The van der Waals surface area contributed by atoms with Crippen LogP contribution in [-0.4, -0.2) is 78.6 Å². The first-order valence-electron chi connectivity index (χ1n) is 17.7. The number of hydrogen-bond donors (Lipinski definition) is 3. The molecule has 1 aromatic heterocycles. The number of nitrogens with one attached hydrogen (secondary N) is 2. The largest absolute Gasteiger partial charge is 0.479 e. The number of carbonyl (C=O) groups excluding carboxylic acids is 3. The number of aromatic nitrogens is 3. The van der Waals surface area contributed by atoms with E-state index in [-0.39, 0.29) is 25.3 Å². The van der Waals surface area contributed by atoms with Crippen molar-refractivity contribution in [3.63, 3.8) is 0 Å². The molecule has 5 atom stereocenters. The molecule has 0 unspecified atom stereocenters. The molecule has 1 saturated heterocycles. The van der Waals surface area contributed by atoms with Crippen LogP contribution in [-0.2, 0) is 19.1 Å². The second-order valence-electron chi connectivity index (χ2n) is 14.6. The van der Waals surface area contributed by atoms with Crippen LogP contribution in [0.3, 0.4) is 0 Å². The van der Waals surface area contributed by atoms with Gasteiger partial charge in [0.05, 0.1) is 6.04 Å². The number of allylic oxidation sites excluding steroid dienone is 1. The van der Waals surface area contributed by atoms with Crippen molar-refractivity contribution in [3.05, 3.63) is 84.1 Å². The van der Waals surface area contributed by atoms with Crippen molar-refractivity contribution in [2.75, 3.05) is 6.54 Å². The number of ether oxygens (including phenoxy) is 1. The zero-order chi connectivity index (χ0) is 36.2. The van der Waals surface area contributed by atoms with Crippen LogP contribution in [0.2, 0.25) is 0 Å². The second-order valence-corrected chi connectivity index (χ2v) is 14.6. The lowest BCUT2D eigenvalue weighted by atomic mass is 10.0. The predicted molar refractivity (Wildman–Crippen MR) is 192 cm³/mol. The Morgan fingerprint density at radius 3 is 2.43 bits per heavy atom. The highest BCUT2D eigenvalue weighted by atomic mass is 16.6. The van der Waals surface area contributed by atoms with Crippen LogP contribution in [0, 0.1) is 5.92 Å². The molecule has 1 aliphatic carbocycles. The van der Waals surface area contributed by atoms with Crippen LogP contribution in [0.25, 0.3) is 23.4 Å². The SMILES string of the molecule is CC(C)(C)OC(=O)N[C@H]1CCCCC/C=C\[C@@H]2C[C@]2(C(=O)O)NC(=O)[C@@H]2C[C@H](n3nc(/C=C/c4ccccc4)c(-c4ccccc4)n3)CN2C1=O. The van der Waals surface area contributed by atoms with Gasteiger partial charge in [-0.1, -0.05) is 91.7 Å². The third-order valence-electron chi connectivity index (χ3n) is 9.59. The topological polar surface area (TPSA) is 156 Å². The number of aliphatic carboxylic acids is 1. The van der Waals surface area contributed by atoms with E-state index in [9.17, 15) is 24.3 Å². The van der Waals surface area contributed by atoms with E-state index < -0.39 is 53.1 Å². The lowest BCUT2D eigenvalue weighted by Crippen LogP contribution is -2.56. The van der Waals surface area contributed by atoms with Crippen LogP contribution >= 0.6 is 0 Å². The van der Waals surface area contributed by atoms with Crippen LogP contribution in [0.15, 0.2) is 72.8 Å². The molecule has 0 radical (unpaired) electrons. The standard InChI is InChI=1S/C39H46N6O6/c1-38(2,3)51-37(50)40-31-20-14-6-4-5-13-19-28-24-39(28,36(48)49)41-34(46)32-23-29(25-44(32)35(31)47)45-42-30(22-21-26-15-9-7-10-16-26)33(43-45)27-17-11-8-12-18-27/h7-13,15-19,21-22,28-29,31-32H,4-6,14,20,23-25H2,1-3H3,(H,40,50)(H,41,46)(H,48,49)/b19-13-,22-21+/t28-,29+,31+,32+,39+/m1/s1. The summed E-state index contributed by atoms with van der Waals surface area (Å²) in [6.45, 7) is 5.32. The first kappa shape index (κ1) is 35.6. The van der Waals surface area contributed by atoms with Gasteiger partial charge in [0.1, 0.15) is 34.6 Å². The first-order chi connectivity index (χ1) is 24.4. The Balaban J connectivity index is 1.35. The Labute approximate surface area is 297 Å². The summed E-state index contributed by atoms with van der Waals surface area (Å²) < 4.78 is 5.50. The number of alkyl carbamates (subject to hydrolysis) is 1. The van der Waals surface area contributed by atoms with Gasteiger partial charge in [-0.2, -0.15) is 15.0 Å². The molecule has 3 aromatic rings. The Bertz CT molecular complexity index is 1800. The number of rotatable bonds is 6. The molecule has 2 aliphatic heterocycles. The number of hydrogen-bond acceptors (Lipinski definition) is 7. The van der Waals surface area contributed by atoms with E-state index in [2.05, 4.69) is 10.6 Å². The molecule has 0 spiro atoms. The zero-order valence-electron chi connectivity index (χ0n) is 29.3. The van der Waals surface area contributed by atoms with Gasteiger partial charge in [-0.3, -0.25) is 9.59 Å². The monoisotopic (exact) mass is 694 g/mol. The molecule has 1 saturated carbocycles. The number of nitrogens with zero attached hydrogens (tertiary/aromatic N) is 4. The van der Waals surface area contributed by atoms with Gasteiger partial charge in [0.25, 0.3) is 0 Å². The van der Waals surface area contributed by atoms with Gasteiger partial charge in [-0.15, -0.1) is 0 Å². The number of carbonyl (C=O) groups is 4. The average molecular weight is 695 g/mol. The van der Waals surface area contributed by atoms with Gasteiger partial charge < -0.3 is 25.4 Å². The molecule has 2 fully saturated rings. The van der Waals surface area contributed by atoms with Gasteiger partial charge in [-0.05, 0) is 58.1 Å². The Hall–Kier alpha value is -5.26. The number of benzene rings is 2. The smallest absolute Gasteiger partial charge is 0.408 e. The van der Waals surface area contributed by atoms with Crippen LogP contribution in [0.4, 0.5) is 4.79 Å². The number of amides is 3. The van der Waals surface area contributed by atoms with Crippen molar-refractivity contribution in [1.82, 2.24) is 30.5 Å². The Morgan fingerprint density at radius 1 is 1.00 bits per heavy atom. The van der Waals surface area contributed by atoms with E-state index >= 15 is 0 Å². The number of carboxylic acids is 1. The summed E-state index contributed by atoms with van der Waals surface area (Å²) in [5, 5.41) is 25.6. The maximum Gasteiger partial charge on any atom is 0.408 e. The minimum atomic E-state index is -1.44. The summed E-state index contributed by atoms with van der Waals surface area (Å²) in [5.74, 6) is -2.45. The fourth-order valence-corrected chi connectivity index (χ4v) is 6.85. The highest BCUT2D eigenvalue weighted by Crippen LogP contribution is 2.45. The van der Waals surface area contributed by atoms with Crippen LogP contribution < -0.4 is 10.6 Å². The van der Waals surface area contributed by atoms with Gasteiger partial charge in [0.15, 0.2) is 0 Å². The molecule has 2 aromatic carbocycles. The van der Waals surface area contributed by atoms with E-state index in [0.29, 0.717) is 24.2 Å². The van der Waals surface area contributed by atoms with Crippen molar-refractivity contribution in [2.45, 2.75) is 95.0 Å². The second kappa shape index (κ2) is 14.9. The maximum atomic E-state index is 14.4. The maximum absolute atomic E-state index is 14.4. The van der Waals surface area contributed by atoms with Gasteiger partial charge >= 0.3 is 12.1 Å². The summed E-state index contributed by atoms with van der Waals surface area (Å²) >= 11 is 0. The van der Waals surface area contributed by atoms with Crippen LogP contribution in [0.1, 0.15) is 83.0 Å². The van der Waals surface area contributed by atoms with Crippen LogP contribution in [0.5, 0.6) is 0 Å².